The first-order valence-electron chi connectivity index (χ1n) is 5.71. The zero-order valence-electron chi connectivity index (χ0n) is 10.6. The standard InChI is InChI=1S/C11H17F3N4O/c1-6(2)8(5-19)16-9-3-7(11(12,13)14)4-10(17-9)18-15/h3-4,6,8,19H,5,15H2,1-2H3,(H2,16,17,18). The zero-order valence-corrected chi connectivity index (χ0v) is 10.6. The van der Waals surface area contributed by atoms with Crippen molar-refractivity contribution >= 4 is 11.6 Å². The van der Waals surface area contributed by atoms with E-state index in [2.05, 4.69) is 15.7 Å². The minimum atomic E-state index is -4.49. The van der Waals surface area contributed by atoms with Crippen LogP contribution in [0.3, 0.4) is 0 Å². The molecule has 0 bridgehead atoms. The Bertz CT molecular complexity index is 423. The predicted octanol–water partition coefficient (Wildman–Crippen LogP) is 1.81. The van der Waals surface area contributed by atoms with Crippen LogP contribution in [0.1, 0.15) is 19.4 Å². The normalized spacial score (nSPS) is 13.5. The SMILES string of the molecule is CC(C)C(CO)Nc1cc(C(F)(F)F)cc(NN)n1. The van der Waals surface area contributed by atoms with E-state index < -0.39 is 11.7 Å². The quantitative estimate of drug-likeness (QED) is 0.488. The number of pyridine rings is 1. The fraction of sp³-hybridized carbons (Fsp3) is 0.545. The molecule has 1 rings (SSSR count). The first-order valence-corrected chi connectivity index (χ1v) is 5.71. The van der Waals surface area contributed by atoms with E-state index in [-0.39, 0.29) is 30.2 Å². The molecule has 1 atom stereocenters. The molecule has 1 unspecified atom stereocenters. The van der Waals surface area contributed by atoms with Gasteiger partial charge in [-0.05, 0) is 18.1 Å². The van der Waals surface area contributed by atoms with Gasteiger partial charge in [-0.15, -0.1) is 0 Å². The maximum atomic E-state index is 12.7. The molecule has 0 amide bonds. The summed E-state index contributed by atoms with van der Waals surface area (Å²) in [6, 6.07) is 1.31. The van der Waals surface area contributed by atoms with Crippen molar-refractivity contribution in [2.45, 2.75) is 26.1 Å². The van der Waals surface area contributed by atoms with Crippen molar-refractivity contribution in [1.82, 2.24) is 4.98 Å². The summed E-state index contributed by atoms with van der Waals surface area (Å²) in [5, 5.41) is 11.9. The lowest BCUT2D eigenvalue weighted by atomic mass is 10.1. The molecule has 19 heavy (non-hydrogen) atoms. The van der Waals surface area contributed by atoms with Crippen molar-refractivity contribution in [1.29, 1.82) is 0 Å². The molecular weight excluding hydrogens is 261 g/mol. The maximum absolute atomic E-state index is 12.7. The number of nitrogens with one attached hydrogen (secondary N) is 2. The number of nitrogens with zero attached hydrogens (tertiary/aromatic N) is 1. The Labute approximate surface area is 109 Å². The molecule has 0 aromatic carbocycles. The molecule has 0 saturated carbocycles. The molecule has 5 N–H and O–H groups in total. The van der Waals surface area contributed by atoms with Crippen molar-refractivity contribution in [3.05, 3.63) is 17.7 Å². The summed E-state index contributed by atoms with van der Waals surface area (Å²) in [6.45, 7) is 3.47. The Morgan fingerprint density at radius 1 is 1.32 bits per heavy atom. The summed E-state index contributed by atoms with van der Waals surface area (Å²) in [6.07, 6.45) is -4.49. The Morgan fingerprint density at radius 2 is 1.89 bits per heavy atom. The molecule has 0 saturated heterocycles. The van der Waals surface area contributed by atoms with Gasteiger partial charge in [0.15, 0.2) is 0 Å². The van der Waals surface area contributed by atoms with Gasteiger partial charge in [-0.2, -0.15) is 13.2 Å². The second-order valence-electron chi connectivity index (χ2n) is 4.45. The monoisotopic (exact) mass is 278 g/mol. The van der Waals surface area contributed by atoms with Crippen molar-refractivity contribution in [2.75, 3.05) is 17.3 Å². The van der Waals surface area contributed by atoms with E-state index in [4.69, 9.17) is 10.9 Å². The van der Waals surface area contributed by atoms with Crippen LogP contribution < -0.4 is 16.6 Å². The van der Waals surface area contributed by atoms with Crippen LogP contribution in [0.5, 0.6) is 0 Å². The van der Waals surface area contributed by atoms with E-state index in [0.717, 1.165) is 12.1 Å². The fourth-order valence-corrected chi connectivity index (χ4v) is 1.46. The van der Waals surface area contributed by atoms with Crippen LogP contribution in [0.4, 0.5) is 24.8 Å². The molecule has 5 nitrogen and oxygen atoms in total. The second kappa shape index (κ2) is 6.07. The van der Waals surface area contributed by atoms with Gasteiger partial charge in [-0.3, -0.25) is 0 Å². The number of nitrogen functional groups attached to an aromatic ring is 1. The molecule has 1 heterocycles. The topological polar surface area (TPSA) is 83.2 Å². The highest BCUT2D eigenvalue weighted by atomic mass is 19.4. The minimum Gasteiger partial charge on any atom is -0.394 e. The van der Waals surface area contributed by atoms with Crippen LogP contribution in [0.15, 0.2) is 12.1 Å². The van der Waals surface area contributed by atoms with Crippen molar-refractivity contribution in [2.24, 2.45) is 11.8 Å². The third-order valence-corrected chi connectivity index (χ3v) is 2.64. The van der Waals surface area contributed by atoms with Crippen LogP contribution in [-0.4, -0.2) is 22.7 Å². The second-order valence-corrected chi connectivity index (χ2v) is 4.45. The van der Waals surface area contributed by atoms with E-state index in [0.29, 0.717) is 0 Å². The molecule has 0 radical (unpaired) electrons. The molecule has 1 aromatic heterocycles. The van der Waals surface area contributed by atoms with E-state index in [9.17, 15) is 13.2 Å². The van der Waals surface area contributed by atoms with E-state index >= 15 is 0 Å². The summed E-state index contributed by atoms with van der Waals surface area (Å²) < 4.78 is 38.1. The third-order valence-electron chi connectivity index (χ3n) is 2.64. The third kappa shape index (κ3) is 4.25. The fourth-order valence-electron chi connectivity index (χ4n) is 1.46. The van der Waals surface area contributed by atoms with E-state index in [1.807, 2.05) is 13.8 Å². The van der Waals surface area contributed by atoms with Crippen LogP contribution in [0.2, 0.25) is 0 Å². The molecule has 108 valence electrons. The number of anilines is 2. The Kier molecular flexibility index (Phi) is 4.96. The number of halogens is 3. The number of alkyl halides is 3. The summed E-state index contributed by atoms with van der Waals surface area (Å²) in [7, 11) is 0. The number of rotatable bonds is 5. The number of hydrogen-bond acceptors (Lipinski definition) is 5. The highest BCUT2D eigenvalue weighted by Crippen LogP contribution is 2.32. The highest BCUT2D eigenvalue weighted by molar-refractivity contribution is 5.49. The number of aliphatic hydroxyl groups excluding tert-OH is 1. The molecule has 0 spiro atoms. The zero-order chi connectivity index (χ0) is 14.6. The summed E-state index contributed by atoms with van der Waals surface area (Å²) >= 11 is 0. The molecule has 0 fully saturated rings. The van der Waals surface area contributed by atoms with Crippen LogP contribution in [-0.2, 0) is 6.18 Å². The Hall–Kier alpha value is -1.54. The van der Waals surface area contributed by atoms with Crippen molar-refractivity contribution < 1.29 is 18.3 Å². The van der Waals surface area contributed by atoms with Crippen molar-refractivity contribution in [3.63, 3.8) is 0 Å². The van der Waals surface area contributed by atoms with E-state index in [1.54, 1.807) is 0 Å². The van der Waals surface area contributed by atoms with Gasteiger partial charge in [-0.1, -0.05) is 13.8 Å². The molecule has 8 heteroatoms. The van der Waals surface area contributed by atoms with Crippen LogP contribution in [0, 0.1) is 5.92 Å². The summed E-state index contributed by atoms with van der Waals surface area (Å²) in [5.41, 5.74) is 1.22. The van der Waals surface area contributed by atoms with Crippen LogP contribution in [0.25, 0.3) is 0 Å². The number of aliphatic hydroxyl groups is 1. The lowest BCUT2D eigenvalue weighted by Gasteiger charge is -2.21. The average Bonchev–Trinajstić information content (AvgIpc) is 2.34. The molecule has 0 aliphatic rings. The van der Waals surface area contributed by atoms with Gasteiger partial charge >= 0.3 is 6.18 Å². The minimum absolute atomic E-state index is 0.00975. The smallest absolute Gasteiger partial charge is 0.394 e. The maximum Gasteiger partial charge on any atom is 0.416 e. The highest BCUT2D eigenvalue weighted by Gasteiger charge is 2.32. The van der Waals surface area contributed by atoms with E-state index in [1.165, 1.54) is 0 Å². The Balaban J connectivity index is 3.07. The number of hydrazine groups is 1. The largest absolute Gasteiger partial charge is 0.416 e. The molecule has 0 aliphatic carbocycles. The first-order chi connectivity index (χ1) is 8.77. The summed E-state index contributed by atoms with van der Waals surface area (Å²) in [5.74, 6) is 5.05. The van der Waals surface area contributed by atoms with Gasteiger partial charge in [-0.25, -0.2) is 10.8 Å². The van der Waals surface area contributed by atoms with Gasteiger partial charge in [0.25, 0.3) is 0 Å². The van der Waals surface area contributed by atoms with Gasteiger partial charge in [0.1, 0.15) is 11.6 Å². The molecular formula is C11H17F3N4O. The number of aromatic nitrogens is 1. The lowest BCUT2D eigenvalue weighted by Crippen LogP contribution is -2.30. The number of nitrogens with two attached hydrogens (primary N) is 1. The first kappa shape index (κ1) is 15.5. The average molecular weight is 278 g/mol. The molecule has 1 aromatic rings. The van der Waals surface area contributed by atoms with Crippen LogP contribution >= 0.6 is 0 Å². The van der Waals surface area contributed by atoms with Gasteiger partial charge in [0.05, 0.1) is 18.2 Å². The van der Waals surface area contributed by atoms with Gasteiger partial charge < -0.3 is 15.8 Å². The summed E-state index contributed by atoms with van der Waals surface area (Å²) in [4.78, 5) is 3.88. The Morgan fingerprint density at radius 3 is 2.32 bits per heavy atom. The van der Waals surface area contributed by atoms with Crippen molar-refractivity contribution in [3.8, 4) is 0 Å². The molecule has 0 aliphatic heterocycles. The number of hydrogen-bond donors (Lipinski definition) is 4. The van der Waals surface area contributed by atoms with Gasteiger partial charge in [0, 0.05) is 0 Å². The predicted molar refractivity (Wildman–Crippen MR) is 66.4 cm³/mol. The van der Waals surface area contributed by atoms with Gasteiger partial charge in [0.2, 0.25) is 0 Å². The lowest BCUT2D eigenvalue weighted by molar-refractivity contribution is -0.137.